The van der Waals surface area contributed by atoms with Gasteiger partial charge in [-0.2, -0.15) is 0 Å². The zero-order chi connectivity index (χ0) is 17.4. The lowest BCUT2D eigenvalue weighted by Gasteiger charge is -2.07. The number of ether oxygens (including phenoxy) is 1. The molecule has 0 aliphatic heterocycles. The molecule has 0 aliphatic carbocycles. The van der Waals surface area contributed by atoms with Crippen LogP contribution in [0.25, 0.3) is 0 Å². The van der Waals surface area contributed by atoms with Crippen LogP contribution in [-0.2, 0) is 17.9 Å². The van der Waals surface area contributed by atoms with E-state index >= 15 is 0 Å². The zero-order valence-corrected chi connectivity index (χ0v) is 14.7. The van der Waals surface area contributed by atoms with Gasteiger partial charge in [0.05, 0.1) is 12.9 Å². The summed E-state index contributed by atoms with van der Waals surface area (Å²) in [5.41, 5.74) is 2.94. The highest BCUT2D eigenvalue weighted by Gasteiger charge is 2.07. The van der Waals surface area contributed by atoms with Crippen LogP contribution in [0.1, 0.15) is 28.4 Å². The number of hydrogen-bond donors (Lipinski definition) is 1. The third-order valence-electron chi connectivity index (χ3n) is 3.50. The normalized spacial score (nSPS) is 10.4. The largest absolute Gasteiger partial charge is 0.497 e. The Morgan fingerprint density at radius 1 is 0.958 bits per heavy atom. The van der Waals surface area contributed by atoms with Crippen LogP contribution in [0.3, 0.4) is 0 Å². The first kappa shape index (κ1) is 18.2. The molecule has 1 N–H and O–H groups in total. The lowest BCUT2D eigenvalue weighted by atomic mass is 10.1. The van der Waals surface area contributed by atoms with Crippen LogP contribution in [-0.4, -0.2) is 23.8 Å². The Morgan fingerprint density at radius 2 is 1.50 bits per heavy atom. The molecule has 0 saturated heterocycles. The summed E-state index contributed by atoms with van der Waals surface area (Å²) in [5.74, 6) is 1.03. The highest BCUT2D eigenvalue weighted by Crippen LogP contribution is 2.12. The second kappa shape index (κ2) is 9.25. The van der Waals surface area contributed by atoms with Gasteiger partial charge in [-0.25, -0.2) is 0 Å². The van der Waals surface area contributed by atoms with Crippen LogP contribution in [0.4, 0.5) is 0 Å². The number of benzene rings is 2. The van der Waals surface area contributed by atoms with Crippen LogP contribution in [0.15, 0.2) is 48.5 Å². The molecule has 0 amide bonds. The second-order valence-corrected chi connectivity index (χ2v) is 6.50. The first-order valence-electron chi connectivity index (χ1n) is 7.67. The van der Waals surface area contributed by atoms with Crippen molar-refractivity contribution >= 4 is 22.7 Å². The Balaban J connectivity index is 1.80. The van der Waals surface area contributed by atoms with E-state index in [-0.39, 0.29) is 16.7 Å². The van der Waals surface area contributed by atoms with Crippen molar-refractivity contribution in [1.29, 1.82) is 0 Å². The fourth-order valence-corrected chi connectivity index (χ4v) is 2.65. The number of carbonyl (C=O) groups excluding carboxylic acids is 2. The van der Waals surface area contributed by atoms with Gasteiger partial charge < -0.3 is 10.1 Å². The minimum absolute atomic E-state index is 0.0204. The van der Waals surface area contributed by atoms with Gasteiger partial charge in [0.25, 0.3) is 0 Å². The van der Waals surface area contributed by atoms with Crippen LogP contribution >= 0.6 is 11.8 Å². The maximum atomic E-state index is 11.9. The van der Waals surface area contributed by atoms with Crippen molar-refractivity contribution < 1.29 is 14.3 Å². The summed E-state index contributed by atoms with van der Waals surface area (Å²) >= 11 is 1.04. The molecule has 2 aromatic rings. The highest BCUT2D eigenvalue weighted by molar-refractivity contribution is 8.14. The van der Waals surface area contributed by atoms with Gasteiger partial charge in [0, 0.05) is 25.6 Å². The van der Waals surface area contributed by atoms with Crippen molar-refractivity contribution in [2.24, 2.45) is 0 Å². The summed E-state index contributed by atoms with van der Waals surface area (Å²) in [5, 5.41) is 3.33. The Hall–Kier alpha value is -2.11. The number of methoxy groups -OCH3 is 1. The van der Waals surface area contributed by atoms with Crippen LogP contribution in [0.5, 0.6) is 5.75 Å². The van der Waals surface area contributed by atoms with E-state index in [1.165, 1.54) is 12.5 Å². The van der Waals surface area contributed by atoms with Crippen molar-refractivity contribution in [3.8, 4) is 5.75 Å². The minimum atomic E-state index is -0.0392. The van der Waals surface area contributed by atoms with E-state index in [1.54, 1.807) is 7.11 Å². The van der Waals surface area contributed by atoms with Gasteiger partial charge in [-0.1, -0.05) is 48.2 Å². The van der Waals surface area contributed by atoms with Crippen LogP contribution < -0.4 is 10.1 Å². The van der Waals surface area contributed by atoms with E-state index in [4.69, 9.17) is 4.74 Å². The molecule has 2 rings (SSSR count). The molecule has 0 heterocycles. The van der Waals surface area contributed by atoms with E-state index in [0.717, 1.165) is 36.2 Å². The average molecular weight is 343 g/mol. The zero-order valence-electron chi connectivity index (χ0n) is 13.9. The van der Waals surface area contributed by atoms with Crippen molar-refractivity contribution in [1.82, 2.24) is 5.32 Å². The summed E-state index contributed by atoms with van der Waals surface area (Å²) in [7, 11) is 1.65. The summed E-state index contributed by atoms with van der Waals surface area (Å²) < 4.78 is 5.14. The van der Waals surface area contributed by atoms with Crippen molar-refractivity contribution in [3.63, 3.8) is 0 Å². The molecule has 126 valence electrons. The van der Waals surface area contributed by atoms with Crippen LogP contribution in [0.2, 0.25) is 0 Å². The Labute approximate surface area is 146 Å². The predicted octanol–water partition coefficient (Wildman–Crippen LogP) is 3.45. The van der Waals surface area contributed by atoms with Gasteiger partial charge in [-0.05, 0) is 23.3 Å². The lowest BCUT2D eigenvalue weighted by molar-refractivity contribution is -0.109. The smallest absolute Gasteiger partial charge is 0.186 e. The number of thioether (sulfide) groups is 1. The molecule has 0 aromatic heterocycles. The maximum Gasteiger partial charge on any atom is 0.186 e. The quantitative estimate of drug-likeness (QED) is 0.744. The molecule has 0 spiro atoms. The van der Waals surface area contributed by atoms with Gasteiger partial charge in [0.2, 0.25) is 0 Å². The van der Waals surface area contributed by atoms with Gasteiger partial charge in [-0.15, -0.1) is 0 Å². The molecule has 0 radical (unpaired) electrons. The lowest BCUT2D eigenvalue weighted by Crippen LogP contribution is -2.13. The predicted molar refractivity (Wildman–Crippen MR) is 97.4 cm³/mol. The monoisotopic (exact) mass is 343 g/mol. The van der Waals surface area contributed by atoms with Crippen molar-refractivity contribution in [2.75, 3.05) is 12.9 Å². The molecule has 0 saturated carbocycles. The molecule has 5 heteroatoms. The molecular formula is C19H21NO3S. The van der Waals surface area contributed by atoms with Gasteiger partial charge in [0.15, 0.2) is 10.9 Å². The van der Waals surface area contributed by atoms with E-state index < -0.39 is 0 Å². The molecule has 0 bridgehead atoms. The minimum Gasteiger partial charge on any atom is -0.497 e. The van der Waals surface area contributed by atoms with Gasteiger partial charge in [-0.3, -0.25) is 9.59 Å². The number of nitrogens with one attached hydrogen (secondary N) is 1. The number of carbonyl (C=O) groups is 2. The topological polar surface area (TPSA) is 55.4 Å². The third kappa shape index (κ3) is 5.83. The summed E-state index contributed by atoms with van der Waals surface area (Å²) in [6, 6.07) is 15.4. The van der Waals surface area contributed by atoms with Crippen molar-refractivity contribution in [2.45, 2.75) is 20.0 Å². The number of hydrogen-bond acceptors (Lipinski definition) is 5. The molecule has 0 atom stereocenters. The fraction of sp³-hybridized carbons (Fsp3) is 0.263. The van der Waals surface area contributed by atoms with E-state index in [1.807, 2.05) is 48.5 Å². The molecule has 0 aliphatic rings. The first-order valence-corrected chi connectivity index (χ1v) is 8.66. The second-order valence-electron chi connectivity index (χ2n) is 5.35. The van der Waals surface area contributed by atoms with E-state index in [9.17, 15) is 9.59 Å². The molecule has 4 nitrogen and oxygen atoms in total. The summed E-state index contributed by atoms with van der Waals surface area (Å²) in [4.78, 5) is 22.8. The van der Waals surface area contributed by atoms with Crippen LogP contribution in [0, 0.1) is 0 Å². The standard InChI is InChI=1S/C19H21NO3S/c1-14(21)24-13-19(22)17-7-3-15(4-8-17)11-20-12-16-5-9-18(23-2)10-6-16/h3-10,20H,11-13H2,1-2H3. The van der Waals surface area contributed by atoms with Gasteiger partial charge >= 0.3 is 0 Å². The SMILES string of the molecule is COc1ccc(CNCc2ccc(C(=O)CSC(C)=O)cc2)cc1. The van der Waals surface area contributed by atoms with Gasteiger partial charge in [0.1, 0.15) is 5.75 Å². The average Bonchev–Trinajstić information content (AvgIpc) is 2.61. The number of Topliss-reactive ketones (excluding diaryl/α,β-unsaturated/α-hetero) is 1. The molecule has 2 aromatic carbocycles. The van der Waals surface area contributed by atoms with E-state index in [2.05, 4.69) is 5.32 Å². The summed E-state index contributed by atoms with van der Waals surface area (Å²) in [6.07, 6.45) is 0. The molecule has 24 heavy (non-hydrogen) atoms. The Morgan fingerprint density at radius 3 is 2.00 bits per heavy atom. The molecule has 0 unspecified atom stereocenters. The Bertz CT molecular complexity index is 681. The fourth-order valence-electron chi connectivity index (χ4n) is 2.15. The van der Waals surface area contributed by atoms with E-state index in [0.29, 0.717) is 5.56 Å². The molecular weight excluding hydrogens is 322 g/mol. The third-order valence-corrected chi connectivity index (χ3v) is 4.31. The first-order chi connectivity index (χ1) is 11.6. The number of rotatable bonds is 8. The van der Waals surface area contributed by atoms with Crippen molar-refractivity contribution in [3.05, 3.63) is 65.2 Å². The Kier molecular flexibility index (Phi) is 7.03. The summed E-state index contributed by atoms with van der Waals surface area (Å²) in [6.45, 7) is 2.96. The highest BCUT2D eigenvalue weighted by atomic mass is 32.2. The molecule has 0 fully saturated rings. The maximum absolute atomic E-state index is 11.9. The number of ketones is 1.